The van der Waals surface area contributed by atoms with Crippen molar-refractivity contribution in [1.29, 1.82) is 0 Å². The molecule has 0 unspecified atom stereocenters. The van der Waals surface area contributed by atoms with Crippen molar-refractivity contribution in [3.05, 3.63) is 71.4 Å². The highest BCUT2D eigenvalue weighted by Gasteiger charge is 2.33. The first-order chi connectivity index (χ1) is 12.9. The zero-order valence-electron chi connectivity index (χ0n) is 13.5. The summed E-state index contributed by atoms with van der Waals surface area (Å²) in [4.78, 5) is 7.44. The lowest BCUT2D eigenvalue weighted by Crippen LogP contribution is -2.08. The fourth-order valence-corrected chi connectivity index (χ4v) is 2.41. The van der Waals surface area contributed by atoms with E-state index in [-0.39, 0.29) is 0 Å². The summed E-state index contributed by atoms with van der Waals surface area (Å²) < 4.78 is 105. The predicted molar refractivity (Wildman–Crippen MR) is 82.8 cm³/mol. The first kappa shape index (κ1) is 19.7. The monoisotopic (exact) mass is 404 g/mol. The second-order valence-electron chi connectivity index (χ2n) is 5.68. The highest BCUT2D eigenvalue weighted by Crippen LogP contribution is 2.36. The van der Waals surface area contributed by atoms with Gasteiger partial charge in [-0.1, -0.05) is 0 Å². The van der Waals surface area contributed by atoms with Gasteiger partial charge in [0.05, 0.1) is 28.2 Å². The predicted octanol–water partition coefficient (Wildman–Crippen LogP) is 6.13. The van der Waals surface area contributed by atoms with Crippen molar-refractivity contribution < 1.29 is 35.1 Å². The zero-order chi connectivity index (χ0) is 20.7. The van der Waals surface area contributed by atoms with Crippen LogP contribution in [-0.2, 0) is 12.4 Å². The first-order valence-corrected chi connectivity index (χ1v) is 7.53. The van der Waals surface area contributed by atoms with E-state index in [1.54, 1.807) is 0 Å². The van der Waals surface area contributed by atoms with E-state index in [1.165, 1.54) is 0 Å². The average Bonchev–Trinajstić information content (AvgIpc) is 2.60. The van der Waals surface area contributed by atoms with Gasteiger partial charge in [-0.25, -0.2) is 13.8 Å². The summed E-state index contributed by atoms with van der Waals surface area (Å²) in [5.74, 6) is -2.12. The van der Waals surface area contributed by atoms with Crippen molar-refractivity contribution in [2.75, 3.05) is 0 Å². The lowest BCUT2D eigenvalue weighted by atomic mass is 10.1. The van der Waals surface area contributed by atoms with Gasteiger partial charge in [0.1, 0.15) is 11.6 Å². The van der Waals surface area contributed by atoms with Gasteiger partial charge in [0.25, 0.3) is 0 Å². The van der Waals surface area contributed by atoms with Crippen LogP contribution in [0.1, 0.15) is 11.1 Å². The molecule has 0 spiro atoms. The molecule has 0 radical (unpaired) electrons. The number of nitrogens with zero attached hydrogens (tertiary/aromatic N) is 2. The minimum absolute atomic E-state index is 0.444. The number of rotatable bonds is 2. The number of benzene rings is 1. The first-order valence-electron chi connectivity index (χ1n) is 7.53. The summed E-state index contributed by atoms with van der Waals surface area (Å²) in [5.41, 5.74) is -4.40. The summed E-state index contributed by atoms with van der Waals surface area (Å²) in [6.07, 6.45) is -8.85. The molecule has 1 aromatic carbocycles. The molecule has 10 heteroatoms. The molecule has 0 amide bonds. The number of pyridine rings is 2. The Balaban J connectivity index is 2.22. The van der Waals surface area contributed by atoms with Crippen LogP contribution in [0.5, 0.6) is 0 Å². The molecule has 0 N–H and O–H groups in total. The fraction of sp³-hybridized carbons (Fsp3) is 0.111. The molecular weight excluding hydrogens is 396 g/mol. The smallest absolute Gasteiger partial charge is 0.255 e. The zero-order valence-corrected chi connectivity index (χ0v) is 13.5. The molecular formula is C18H8F8N2. The van der Waals surface area contributed by atoms with Crippen LogP contribution in [-0.4, -0.2) is 9.97 Å². The van der Waals surface area contributed by atoms with Crippen molar-refractivity contribution in [1.82, 2.24) is 9.97 Å². The molecule has 0 aliphatic heterocycles. The fourth-order valence-electron chi connectivity index (χ4n) is 2.41. The van der Waals surface area contributed by atoms with E-state index in [0.717, 1.165) is 18.3 Å². The Morgan fingerprint density at radius 3 is 1.86 bits per heavy atom. The molecule has 28 heavy (non-hydrogen) atoms. The van der Waals surface area contributed by atoms with Gasteiger partial charge in [0, 0.05) is 17.8 Å². The maximum Gasteiger partial charge on any atom is 0.416 e. The summed E-state index contributed by atoms with van der Waals surface area (Å²) in [6.45, 7) is 0. The van der Waals surface area contributed by atoms with Crippen molar-refractivity contribution in [3.63, 3.8) is 0 Å². The Labute approximate surface area is 152 Å². The maximum absolute atomic E-state index is 14.0. The maximum atomic E-state index is 14.0. The van der Waals surface area contributed by atoms with Crippen LogP contribution >= 0.6 is 0 Å². The van der Waals surface area contributed by atoms with Crippen LogP contribution in [0.15, 0.2) is 48.7 Å². The van der Waals surface area contributed by atoms with Gasteiger partial charge < -0.3 is 0 Å². The van der Waals surface area contributed by atoms with E-state index in [1.807, 2.05) is 0 Å². The molecule has 0 aliphatic rings. The van der Waals surface area contributed by atoms with E-state index < -0.39 is 57.8 Å². The topological polar surface area (TPSA) is 25.8 Å². The molecule has 0 aliphatic carbocycles. The van der Waals surface area contributed by atoms with E-state index in [2.05, 4.69) is 9.97 Å². The highest BCUT2D eigenvalue weighted by atomic mass is 19.4. The molecule has 2 nitrogen and oxygen atoms in total. The lowest BCUT2D eigenvalue weighted by Gasteiger charge is -2.13. The van der Waals surface area contributed by atoms with E-state index in [0.29, 0.717) is 30.3 Å². The molecule has 0 saturated heterocycles. The summed E-state index contributed by atoms with van der Waals surface area (Å²) in [6, 6.07) is 4.38. The Kier molecular flexibility index (Phi) is 4.82. The van der Waals surface area contributed by atoms with E-state index in [9.17, 15) is 35.1 Å². The van der Waals surface area contributed by atoms with Crippen LogP contribution in [0.25, 0.3) is 22.6 Å². The molecule has 0 bridgehead atoms. The van der Waals surface area contributed by atoms with Crippen molar-refractivity contribution in [3.8, 4) is 22.6 Å². The number of alkyl halides is 6. The van der Waals surface area contributed by atoms with Crippen LogP contribution in [0, 0.1) is 11.6 Å². The second kappa shape index (κ2) is 6.84. The van der Waals surface area contributed by atoms with Gasteiger partial charge in [0.2, 0.25) is 0 Å². The number of hydrogen-bond donors (Lipinski definition) is 0. The van der Waals surface area contributed by atoms with Gasteiger partial charge in [0.15, 0.2) is 0 Å². The van der Waals surface area contributed by atoms with Gasteiger partial charge >= 0.3 is 12.4 Å². The Morgan fingerprint density at radius 2 is 1.25 bits per heavy atom. The molecule has 0 fully saturated rings. The Bertz CT molecular complexity index is 1020. The third-order valence-electron chi connectivity index (χ3n) is 3.71. The summed E-state index contributed by atoms with van der Waals surface area (Å²) in [5, 5.41) is 0. The quantitative estimate of drug-likeness (QED) is 0.481. The van der Waals surface area contributed by atoms with Crippen LogP contribution in [0.4, 0.5) is 35.1 Å². The van der Waals surface area contributed by atoms with E-state index in [4.69, 9.17) is 0 Å². The minimum atomic E-state index is -4.88. The van der Waals surface area contributed by atoms with Crippen molar-refractivity contribution >= 4 is 0 Å². The second-order valence-corrected chi connectivity index (χ2v) is 5.68. The van der Waals surface area contributed by atoms with Gasteiger partial charge in [-0.15, -0.1) is 0 Å². The van der Waals surface area contributed by atoms with Gasteiger partial charge in [-0.2, -0.15) is 26.3 Å². The molecule has 3 rings (SSSR count). The van der Waals surface area contributed by atoms with Crippen molar-refractivity contribution in [2.45, 2.75) is 12.4 Å². The summed E-state index contributed by atoms with van der Waals surface area (Å²) >= 11 is 0. The van der Waals surface area contributed by atoms with Crippen LogP contribution in [0.3, 0.4) is 0 Å². The molecule has 0 saturated carbocycles. The Morgan fingerprint density at radius 1 is 0.643 bits per heavy atom. The molecule has 146 valence electrons. The minimum Gasteiger partial charge on any atom is -0.255 e. The van der Waals surface area contributed by atoms with Crippen molar-refractivity contribution in [2.24, 2.45) is 0 Å². The SMILES string of the molecule is Fc1ccc(-c2cc(C(F)(F)F)cc(-c3cc(C(F)(F)F)ccn3)n2)c(F)c1. The third kappa shape index (κ3) is 4.10. The van der Waals surface area contributed by atoms with Gasteiger partial charge in [-0.3, -0.25) is 4.98 Å². The third-order valence-corrected chi connectivity index (χ3v) is 3.71. The van der Waals surface area contributed by atoms with Crippen LogP contribution < -0.4 is 0 Å². The molecule has 2 aromatic heterocycles. The number of aromatic nitrogens is 2. The van der Waals surface area contributed by atoms with E-state index >= 15 is 0 Å². The highest BCUT2D eigenvalue weighted by molar-refractivity contribution is 5.66. The average molecular weight is 404 g/mol. The molecule has 0 atom stereocenters. The standard InChI is InChI=1S/C18H8F8N2/c19-11-1-2-12(13(20)8-11)14-6-10(18(24,25)26)7-16(28-14)15-5-9(3-4-27-15)17(21,22)23/h1-8H. The summed E-state index contributed by atoms with van der Waals surface area (Å²) in [7, 11) is 0. The van der Waals surface area contributed by atoms with Crippen LogP contribution in [0.2, 0.25) is 0 Å². The number of hydrogen-bond acceptors (Lipinski definition) is 2. The molecule has 2 heterocycles. The molecule has 3 aromatic rings. The lowest BCUT2D eigenvalue weighted by molar-refractivity contribution is -0.138. The normalized spacial score (nSPS) is 12.3. The number of halogens is 8. The Hall–Kier alpha value is -3.04. The van der Waals surface area contributed by atoms with Gasteiger partial charge in [-0.05, 0) is 36.4 Å². The largest absolute Gasteiger partial charge is 0.416 e.